The molecule has 0 aliphatic carbocycles. The minimum atomic E-state index is 0.639. The molecule has 0 aliphatic rings. The SMILES string of the molecule is C=CC=O.Cc1nn[nH]n1. The molecule has 1 heterocycles. The number of aryl methyl sites for hydroxylation is 1. The zero-order chi connectivity index (χ0) is 7.82. The average molecular weight is 140 g/mol. The lowest BCUT2D eigenvalue weighted by molar-refractivity contribution is -0.104. The lowest BCUT2D eigenvalue weighted by Gasteiger charge is -1.59. The highest BCUT2D eigenvalue weighted by molar-refractivity contribution is 5.63. The Morgan fingerprint density at radius 2 is 2.30 bits per heavy atom. The fourth-order valence-corrected chi connectivity index (χ4v) is 0.212. The van der Waals surface area contributed by atoms with Gasteiger partial charge in [0, 0.05) is 0 Å². The van der Waals surface area contributed by atoms with E-state index in [1.54, 1.807) is 6.92 Å². The van der Waals surface area contributed by atoms with Crippen LogP contribution in [0.15, 0.2) is 12.7 Å². The van der Waals surface area contributed by atoms with Gasteiger partial charge in [0.1, 0.15) is 6.29 Å². The minimum Gasteiger partial charge on any atom is -0.299 e. The highest BCUT2D eigenvalue weighted by Gasteiger charge is 1.78. The van der Waals surface area contributed by atoms with E-state index in [-0.39, 0.29) is 0 Å². The lowest BCUT2D eigenvalue weighted by Crippen LogP contribution is -1.69. The number of aldehydes is 1. The van der Waals surface area contributed by atoms with Crippen LogP contribution in [0.5, 0.6) is 0 Å². The molecule has 5 heteroatoms. The fraction of sp³-hybridized carbons (Fsp3) is 0.200. The minimum absolute atomic E-state index is 0.639. The molecule has 10 heavy (non-hydrogen) atoms. The van der Waals surface area contributed by atoms with Crippen molar-refractivity contribution in [2.24, 2.45) is 0 Å². The molecule has 0 fully saturated rings. The number of aromatic nitrogens is 4. The Hall–Kier alpha value is -1.52. The summed E-state index contributed by atoms with van der Waals surface area (Å²) in [7, 11) is 0. The summed E-state index contributed by atoms with van der Waals surface area (Å²) in [5.41, 5.74) is 0. The first kappa shape index (κ1) is 8.48. The van der Waals surface area contributed by atoms with Gasteiger partial charge < -0.3 is 0 Å². The summed E-state index contributed by atoms with van der Waals surface area (Å²) in [6.45, 7) is 4.88. The largest absolute Gasteiger partial charge is 0.299 e. The van der Waals surface area contributed by atoms with Crippen LogP contribution in [0.25, 0.3) is 0 Å². The Bertz CT molecular complexity index is 176. The highest BCUT2D eigenvalue weighted by Crippen LogP contribution is 1.69. The average Bonchev–Trinajstić information content (AvgIpc) is 2.40. The molecule has 0 saturated carbocycles. The third-order valence-electron chi connectivity index (χ3n) is 0.547. The number of aromatic amines is 1. The molecule has 1 aromatic rings. The van der Waals surface area contributed by atoms with Crippen molar-refractivity contribution in [1.82, 2.24) is 20.6 Å². The van der Waals surface area contributed by atoms with Crippen molar-refractivity contribution in [2.75, 3.05) is 0 Å². The summed E-state index contributed by atoms with van der Waals surface area (Å²) in [4.78, 5) is 9.06. The molecule has 5 nitrogen and oxygen atoms in total. The number of nitrogens with one attached hydrogen (secondary N) is 1. The van der Waals surface area contributed by atoms with Gasteiger partial charge in [0.15, 0.2) is 5.82 Å². The second kappa shape index (κ2) is 5.61. The van der Waals surface area contributed by atoms with Crippen molar-refractivity contribution in [3.05, 3.63) is 18.5 Å². The van der Waals surface area contributed by atoms with E-state index in [0.717, 1.165) is 0 Å². The topological polar surface area (TPSA) is 71.5 Å². The third kappa shape index (κ3) is 4.63. The maximum Gasteiger partial charge on any atom is 0.171 e. The molecule has 1 rings (SSSR count). The number of tetrazole rings is 1. The molecule has 0 aliphatic heterocycles. The zero-order valence-corrected chi connectivity index (χ0v) is 5.61. The van der Waals surface area contributed by atoms with Crippen LogP contribution in [0.4, 0.5) is 0 Å². The van der Waals surface area contributed by atoms with Crippen molar-refractivity contribution < 1.29 is 4.79 Å². The molecular weight excluding hydrogens is 132 g/mol. The van der Waals surface area contributed by atoms with Crippen LogP contribution < -0.4 is 0 Å². The van der Waals surface area contributed by atoms with Crippen LogP contribution >= 0.6 is 0 Å². The Morgan fingerprint density at radius 1 is 1.70 bits per heavy atom. The number of hydrogen-bond acceptors (Lipinski definition) is 4. The molecule has 0 atom stereocenters. The fourth-order valence-electron chi connectivity index (χ4n) is 0.212. The van der Waals surface area contributed by atoms with E-state index in [4.69, 9.17) is 4.79 Å². The summed E-state index contributed by atoms with van der Waals surface area (Å²) in [5, 5.41) is 12.7. The predicted octanol–water partition coefficient (Wildman–Crippen LogP) is -0.121. The Labute approximate surface area is 58.1 Å². The zero-order valence-electron chi connectivity index (χ0n) is 5.61. The molecule has 0 bridgehead atoms. The first-order chi connectivity index (χ1) is 4.81. The second-order valence-corrected chi connectivity index (χ2v) is 1.33. The third-order valence-corrected chi connectivity index (χ3v) is 0.547. The first-order valence-corrected chi connectivity index (χ1v) is 2.57. The van der Waals surface area contributed by atoms with E-state index >= 15 is 0 Å². The highest BCUT2D eigenvalue weighted by atomic mass is 16.1. The van der Waals surface area contributed by atoms with Crippen molar-refractivity contribution in [1.29, 1.82) is 0 Å². The molecular formula is C5H8N4O. The molecule has 1 aromatic heterocycles. The first-order valence-electron chi connectivity index (χ1n) is 2.57. The van der Waals surface area contributed by atoms with Gasteiger partial charge in [-0.1, -0.05) is 11.8 Å². The van der Waals surface area contributed by atoms with Gasteiger partial charge in [-0.3, -0.25) is 4.79 Å². The van der Waals surface area contributed by atoms with E-state index in [2.05, 4.69) is 27.2 Å². The Morgan fingerprint density at radius 3 is 2.40 bits per heavy atom. The summed E-state index contributed by atoms with van der Waals surface area (Å²) in [5.74, 6) is 0.676. The van der Waals surface area contributed by atoms with Crippen molar-refractivity contribution >= 4 is 6.29 Å². The van der Waals surface area contributed by atoms with Gasteiger partial charge in [-0.25, -0.2) is 0 Å². The second-order valence-electron chi connectivity index (χ2n) is 1.33. The number of hydrogen-bond donors (Lipinski definition) is 1. The molecule has 54 valence electrons. The van der Waals surface area contributed by atoms with Crippen LogP contribution in [-0.2, 0) is 4.79 Å². The number of allylic oxidation sites excluding steroid dienone is 1. The van der Waals surface area contributed by atoms with Gasteiger partial charge in [-0.05, 0) is 13.0 Å². The molecule has 0 unspecified atom stereocenters. The van der Waals surface area contributed by atoms with Gasteiger partial charge in [-0.2, -0.15) is 5.21 Å². The molecule has 0 amide bonds. The normalized spacial score (nSPS) is 7.30. The number of H-pyrrole nitrogens is 1. The lowest BCUT2D eigenvalue weighted by atomic mass is 10.8. The van der Waals surface area contributed by atoms with Gasteiger partial charge in [0.2, 0.25) is 0 Å². The van der Waals surface area contributed by atoms with Crippen molar-refractivity contribution in [3.63, 3.8) is 0 Å². The Balaban J connectivity index is 0.000000180. The predicted molar refractivity (Wildman–Crippen MR) is 35.2 cm³/mol. The monoisotopic (exact) mass is 140 g/mol. The standard InChI is InChI=1S/C3H4O.C2H4N4/c1-2-3-4;1-2-3-5-6-4-2/h2-3H,1H2;1H3,(H,3,4,5,6). The van der Waals surface area contributed by atoms with Gasteiger partial charge in [0.25, 0.3) is 0 Å². The number of carbonyl (C=O) groups is 1. The molecule has 1 N–H and O–H groups in total. The van der Waals surface area contributed by atoms with Crippen LogP contribution in [-0.4, -0.2) is 26.9 Å². The van der Waals surface area contributed by atoms with E-state index < -0.39 is 0 Å². The number of carbonyl (C=O) groups excluding carboxylic acids is 1. The summed E-state index contributed by atoms with van der Waals surface area (Å²) in [6.07, 6.45) is 1.83. The van der Waals surface area contributed by atoms with Crippen molar-refractivity contribution in [2.45, 2.75) is 6.92 Å². The van der Waals surface area contributed by atoms with E-state index in [1.165, 1.54) is 6.08 Å². The van der Waals surface area contributed by atoms with Crippen LogP contribution in [0.3, 0.4) is 0 Å². The summed E-state index contributed by atoms with van der Waals surface area (Å²) < 4.78 is 0. The quantitative estimate of drug-likeness (QED) is 0.436. The van der Waals surface area contributed by atoms with Gasteiger partial charge >= 0.3 is 0 Å². The van der Waals surface area contributed by atoms with Gasteiger partial charge in [0.05, 0.1) is 0 Å². The molecule has 0 saturated heterocycles. The molecule has 0 aromatic carbocycles. The number of rotatable bonds is 1. The molecule has 0 radical (unpaired) electrons. The summed E-state index contributed by atoms with van der Waals surface area (Å²) >= 11 is 0. The number of nitrogens with zero attached hydrogens (tertiary/aromatic N) is 3. The molecule has 0 spiro atoms. The maximum atomic E-state index is 9.06. The van der Waals surface area contributed by atoms with Crippen molar-refractivity contribution in [3.8, 4) is 0 Å². The summed E-state index contributed by atoms with van der Waals surface area (Å²) in [6, 6.07) is 0. The van der Waals surface area contributed by atoms with E-state index in [1.807, 2.05) is 0 Å². The smallest absolute Gasteiger partial charge is 0.171 e. The van der Waals surface area contributed by atoms with E-state index in [0.29, 0.717) is 12.1 Å². The van der Waals surface area contributed by atoms with E-state index in [9.17, 15) is 0 Å². The van der Waals surface area contributed by atoms with Crippen LogP contribution in [0.2, 0.25) is 0 Å². The maximum absolute atomic E-state index is 9.06. The van der Waals surface area contributed by atoms with Crippen LogP contribution in [0, 0.1) is 6.92 Å². The Kier molecular flexibility index (Phi) is 4.76. The van der Waals surface area contributed by atoms with Gasteiger partial charge in [-0.15, -0.1) is 10.2 Å². The van der Waals surface area contributed by atoms with Crippen LogP contribution in [0.1, 0.15) is 5.82 Å².